The molecule has 0 aliphatic rings. The number of hydrogen-bond donors (Lipinski definition) is 0. The number of benzene rings is 1. The van der Waals surface area contributed by atoms with Crippen LogP contribution in [0.15, 0.2) is 24.3 Å². The molecule has 0 spiro atoms. The monoisotopic (exact) mass is 193 g/mol. The van der Waals surface area contributed by atoms with Crippen LogP contribution in [0.4, 0.5) is 0 Å². The molecule has 1 rings (SSSR count). The van der Waals surface area contributed by atoms with Gasteiger partial charge in [-0.15, -0.1) is 0 Å². The molecule has 0 aromatic heterocycles. The van der Waals surface area contributed by atoms with Crippen molar-refractivity contribution < 1.29 is 9.84 Å². The summed E-state index contributed by atoms with van der Waals surface area (Å²) in [4.78, 5) is 0. The van der Waals surface area contributed by atoms with Gasteiger partial charge in [-0.05, 0) is 24.1 Å². The quantitative estimate of drug-likeness (QED) is 0.638. The van der Waals surface area contributed by atoms with E-state index in [0.29, 0.717) is 0 Å². The maximum Gasteiger partial charge on any atom is 0.119 e. The highest BCUT2D eigenvalue weighted by Gasteiger charge is 1.94. The van der Waals surface area contributed by atoms with E-state index in [-0.39, 0.29) is 6.61 Å². The highest BCUT2D eigenvalue weighted by Crippen LogP contribution is 2.12. The zero-order chi connectivity index (χ0) is 10.2. The van der Waals surface area contributed by atoms with Crippen LogP contribution in [-0.2, 0) is 11.7 Å². The van der Waals surface area contributed by atoms with Crippen molar-refractivity contribution in [2.24, 2.45) is 0 Å². The lowest BCUT2D eigenvalue weighted by Crippen LogP contribution is -1.96. The van der Waals surface area contributed by atoms with Gasteiger partial charge in [0.25, 0.3) is 0 Å². The van der Waals surface area contributed by atoms with Gasteiger partial charge in [-0.2, -0.15) is 0 Å². The molecule has 2 nitrogen and oxygen atoms in total. The van der Waals surface area contributed by atoms with Crippen LogP contribution >= 0.6 is 0 Å². The molecular formula is C12H17O2. The topological polar surface area (TPSA) is 29.1 Å². The Balaban J connectivity index is 2.29. The lowest BCUT2D eigenvalue weighted by Gasteiger charge is -2.05. The van der Waals surface area contributed by atoms with Crippen molar-refractivity contribution in [3.8, 4) is 5.75 Å². The average molecular weight is 193 g/mol. The molecule has 1 aromatic rings. The van der Waals surface area contributed by atoms with Gasteiger partial charge in [0, 0.05) is 0 Å². The molecule has 0 aliphatic carbocycles. The van der Waals surface area contributed by atoms with E-state index in [4.69, 9.17) is 4.74 Å². The SMILES string of the molecule is CCCCCOc1ccc(C[O])cc1. The van der Waals surface area contributed by atoms with E-state index >= 15 is 0 Å². The minimum absolute atomic E-state index is 0.157. The fraction of sp³-hybridized carbons (Fsp3) is 0.500. The normalized spacial score (nSPS) is 10.1. The van der Waals surface area contributed by atoms with Crippen molar-refractivity contribution in [1.29, 1.82) is 0 Å². The standard InChI is InChI=1S/C12H17O2/c1-2-3-4-9-14-12-7-5-11(10-13)6-8-12/h5-8H,2-4,9-10H2,1H3. The predicted octanol–water partition coefficient (Wildman–Crippen LogP) is 3.19. The molecule has 0 heterocycles. The average Bonchev–Trinajstić information content (AvgIpc) is 2.25. The first kappa shape index (κ1) is 11.1. The molecule has 0 saturated carbocycles. The molecule has 1 aromatic carbocycles. The van der Waals surface area contributed by atoms with Gasteiger partial charge in [-0.3, -0.25) is 0 Å². The van der Waals surface area contributed by atoms with Crippen molar-refractivity contribution in [3.63, 3.8) is 0 Å². The van der Waals surface area contributed by atoms with Crippen molar-refractivity contribution in [3.05, 3.63) is 29.8 Å². The minimum atomic E-state index is -0.157. The summed E-state index contributed by atoms with van der Waals surface area (Å²) < 4.78 is 5.51. The molecule has 0 bridgehead atoms. The van der Waals surface area contributed by atoms with Crippen LogP contribution in [0.2, 0.25) is 0 Å². The summed E-state index contributed by atoms with van der Waals surface area (Å²) in [6.45, 7) is 2.78. The first-order valence-electron chi connectivity index (χ1n) is 5.16. The van der Waals surface area contributed by atoms with Gasteiger partial charge in [0.05, 0.1) is 6.61 Å². The molecule has 0 fully saturated rings. The number of hydrogen-bond acceptors (Lipinski definition) is 1. The van der Waals surface area contributed by atoms with Crippen molar-refractivity contribution in [2.45, 2.75) is 32.8 Å². The second kappa shape index (κ2) is 6.44. The van der Waals surface area contributed by atoms with Gasteiger partial charge in [0.15, 0.2) is 0 Å². The Morgan fingerprint density at radius 3 is 2.43 bits per heavy atom. The van der Waals surface area contributed by atoms with E-state index in [2.05, 4.69) is 6.92 Å². The highest BCUT2D eigenvalue weighted by molar-refractivity contribution is 5.26. The molecule has 1 radical (unpaired) electrons. The summed E-state index contributed by atoms with van der Waals surface area (Å²) in [6.07, 6.45) is 3.51. The van der Waals surface area contributed by atoms with Crippen LogP contribution in [-0.4, -0.2) is 6.61 Å². The van der Waals surface area contributed by atoms with E-state index < -0.39 is 0 Å². The Labute approximate surface area is 85.5 Å². The summed E-state index contributed by atoms with van der Waals surface area (Å²) >= 11 is 0. The Bertz CT molecular complexity index is 241. The van der Waals surface area contributed by atoms with Crippen molar-refractivity contribution >= 4 is 0 Å². The number of ether oxygens (including phenoxy) is 1. The fourth-order valence-electron chi connectivity index (χ4n) is 1.22. The third kappa shape index (κ3) is 3.79. The van der Waals surface area contributed by atoms with Crippen molar-refractivity contribution in [2.75, 3.05) is 6.61 Å². The van der Waals surface area contributed by atoms with E-state index in [1.54, 1.807) is 0 Å². The van der Waals surface area contributed by atoms with E-state index in [0.717, 1.165) is 24.3 Å². The summed E-state index contributed by atoms with van der Waals surface area (Å²) in [6, 6.07) is 7.36. The summed E-state index contributed by atoms with van der Waals surface area (Å²) in [5.74, 6) is 0.860. The van der Waals surface area contributed by atoms with Crippen LogP contribution < -0.4 is 4.74 Å². The lowest BCUT2D eigenvalue weighted by atomic mass is 10.2. The van der Waals surface area contributed by atoms with Crippen LogP contribution in [0.5, 0.6) is 5.75 Å². The third-order valence-electron chi connectivity index (χ3n) is 2.11. The second-order valence-corrected chi connectivity index (χ2v) is 3.34. The molecule has 77 valence electrons. The van der Waals surface area contributed by atoms with Crippen molar-refractivity contribution in [1.82, 2.24) is 0 Å². The number of rotatable bonds is 6. The lowest BCUT2D eigenvalue weighted by molar-refractivity contribution is 0.177. The first-order valence-corrected chi connectivity index (χ1v) is 5.16. The zero-order valence-electron chi connectivity index (χ0n) is 8.66. The van der Waals surface area contributed by atoms with Gasteiger partial charge in [0.2, 0.25) is 0 Å². The third-order valence-corrected chi connectivity index (χ3v) is 2.11. The number of unbranched alkanes of at least 4 members (excludes halogenated alkanes) is 2. The van der Waals surface area contributed by atoms with Gasteiger partial charge >= 0.3 is 0 Å². The Hall–Kier alpha value is -1.02. The van der Waals surface area contributed by atoms with E-state index in [1.165, 1.54) is 12.8 Å². The van der Waals surface area contributed by atoms with Crippen LogP contribution in [0.3, 0.4) is 0 Å². The Kier molecular flexibility index (Phi) is 5.08. The maximum atomic E-state index is 10.5. The first-order chi connectivity index (χ1) is 6.86. The maximum absolute atomic E-state index is 10.5. The van der Waals surface area contributed by atoms with Gasteiger partial charge in [-0.1, -0.05) is 31.9 Å². The Morgan fingerprint density at radius 2 is 1.86 bits per heavy atom. The summed E-state index contributed by atoms with van der Waals surface area (Å²) in [7, 11) is 0. The van der Waals surface area contributed by atoms with E-state index in [1.807, 2.05) is 24.3 Å². The largest absolute Gasteiger partial charge is 0.494 e. The smallest absolute Gasteiger partial charge is 0.119 e. The van der Waals surface area contributed by atoms with Gasteiger partial charge < -0.3 is 4.74 Å². The van der Waals surface area contributed by atoms with Crippen LogP contribution in [0.25, 0.3) is 0 Å². The summed E-state index contributed by atoms with van der Waals surface area (Å²) in [5, 5.41) is 10.5. The van der Waals surface area contributed by atoms with Gasteiger partial charge in [-0.25, -0.2) is 5.11 Å². The molecular weight excluding hydrogens is 176 g/mol. The Morgan fingerprint density at radius 1 is 1.14 bits per heavy atom. The highest BCUT2D eigenvalue weighted by atomic mass is 16.5. The predicted molar refractivity (Wildman–Crippen MR) is 55.9 cm³/mol. The van der Waals surface area contributed by atoms with Crippen LogP contribution in [0.1, 0.15) is 31.7 Å². The molecule has 0 N–H and O–H groups in total. The molecule has 14 heavy (non-hydrogen) atoms. The molecule has 0 atom stereocenters. The van der Waals surface area contributed by atoms with E-state index in [9.17, 15) is 5.11 Å². The zero-order valence-corrected chi connectivity index (χ0v) is 8.66. The molecule has 2 heteroatoms. The summed E-state index contributed by atoms with van der Waals surface area (Å²) in [5.41, 5.74) is 0.811. The molecule has 0 aliphatic heterocycles. The molecule has 0 unspecified atom stereocenters. The fourth-order valence-corrected chi connectivity index (χ4v) is 1.22. The second-order valence-electron chi connectivity index (χ2n) is 3.34. The molecule has 0 saturated heterocycles. The van der Waals surface area contributed by atoms with Gasteiger partial charge in [0.1, 0.15) is 12.4 Å². The molecule has 0 amide bonds. The minimum Gasteiger partial charge on any atom is -0.494 e. The van der Waals surface area contributed by atoms with Crippen LogP contribution in [0, 0.1) is 0 Å².